The monoisotopic (exact) mass is 455 g/mol. The quantitative estimate of drug-likeness (QED) is 0.639. The summed E-state index contributed by atoms with van der Waals surface area (Å²) in [7, 11) is 0. The van der Waals surface area contributed by atoms with Crippen molar-refractivity contribution in [3.8, 4) is 0 Å². The molecule has 2 heterocycles. The van der Waals surface area contributed by atoms with Gasteiger partial charge in [-0.05, 0) is 52.1 Å². The Morgan fingerprint density at radius 2 is 1.91 bits per heavy atom. The van der Waals surface area contributed by atoms with Crippen LogP contribution in [0.25, 0.3) is 0 Å². The molecular weight excluding hydrogens is 425 g/mol. The lowest BCUT2D eigenvalue weighted by molar-refractivity contribution is -0.313. The normalized spacial score (nSPS) is 29.8. The molecule has 32 heavy (non-hydrogen) atoms. The minimum atomic E-state index is -4.36. The molecule has 0 aromatic heterocycles. The number of carbonyl (C=O) groups excluding carboxylic acids is 2. The van der Waals surface area contributed by atoms with Gasteiger partial charge in [-0.15, -0.1) is 0 Å². The number of piperidine rings is 1. The van der Waals surface area contributed by atoms with E-state index in [0.29, 0.717) is 18.5 Å². The highest BCUT2D eigenvalue weighted by Gasteiger charge is 2.49. The highest BCUT2D eigenvalue weighted by Crippen LogP contribution is 2.42. The molecule has 178 valence electrons. The molecule has 2 N–H and O–H groups in total. The third-order valence-corrected chi connectivity index (χ3v) is 6.77. The van der Waals surface area contributed by atoms with Gasteiger partial charge in [0.05, 0.1) is 29.1 Å². The number of benzene rings is 1. The summed E-state index contributed by atoms with van der Waals surface area (Å²) >= 11 is 0. The number of Topliss-reactive ketones (excluding diaryl/α,β-unsaturated/α-hetero) is 1. The maximum absolute atomic E-state index is 13.5. The maximum atomic E-state index is 13.5. The number of carboxylic acids is 1. The molecule has 4 unspecified atom stereocenters. The van der Waals surface area contributed by atoms with Crippen LogP contribution >= 0.6 is 0 Å². The summed E-state index contributed by atoms with van der Waals surface area (Å²) in [5.41, 5.74) is -2.57. The second kappa shape index (κ2) is 8.76. The van der Waals surface area contributed by atoms with Crippen LogP contribution in [0.3, 0.4) is 0 Å². The topological polar surface area (TPSA) is 92.7 Å². The molecule has 9 heteroatoms. The van der Waals surface area contributed by atoms with E-state index in [1.807, 2.05) is 0 Å². The fourth-order valence-electron chi connectivity index (χ4n) is 4.73. The lowest BCUT2D eigenvalue weighted by atomic mass is 9.85. The number of carboxylic acid groups (broad SMARTS) is 1. The van der Waals surface area contributed by atoms with Crippen LogP contribution in [0.5, 0.6) is 0 Å². The van der Waals surface area contributed by atoms with E-state index in [4.69, 9.17) is 0 Å². The van der Waals surface area contributed by atoms with Gasteiger partial charge in [0.2, 0.25) is 0 Å². The summed E-state index contributed by atoms with van der Waals surface area (Å²) in [5.74, 6) is -1.88. The van der Waals surface area contributed by atoms with E-state index < -0.39 is 41.0 Å². The molecule has 0 spiro atoms. The van der Waals surface area contributed by atoms with Crippen molar-refractivity contribution in [2.75, 3.05) is 13.1 Å². The number of hydrogen-bond acceptors (Lipinski definition) is 6. The Hall–Kier alpha value is -1.97. The Kier molecular flexibility index (Phi) is 6.75. The SMILES string of the molecule is CC1(C(=O)[O-])CC(O)C(C(=O)c2ccccc2C2CCCCN2CC(C)(C)C(F)(F)F)N1. The third-order valence-electron chi connectivity index (χ3n) is 6.77. The highest BCUT2D eigenvalue weighted by atomic mass is 19.4. The number of likely N-dealkylation sites (tertiary alicyclic amines) is 1. The van der Waals surface area contributed by atoms with E-state index in [1.165, 1.54) is 20.8 Å². The number of rotatable bonds is 6. The number of nitrogens with zero attached hydrogens (tertiary/aromatic N) is 1. The lowest BCUT2D eigenvalue weighted by Gasteiger charge is -2.42. The Bertz CT molecular complexity index is 873. The van der Waals surface area contributed by atoms with Gasteiger partial charge in [0.1, 0.15) is 0 Å². The zero-order valence-electron chi connectivity index (χ0n) is 18.5. The average molecular weight is 455 g/mol. The number of aliphatic hydroxyl groups excluding tert-OH is 1. The molecule has 1 aromatic carbocycles. The number of alkyl halides is 3. The number of nitrogens with one attached hydrogen (secondary N) is 1. The van der Waals surface area contributed by atoms with Gasteiger partial charge in [0, 0.05) is 18.2 Å². The lowest BCUT2D eigenvalue weighted by Crippen LogP contribution is -2.55. The van der Waals surface area contributed by atoms with Gasteiger partial charge in [-0.3, -0.25) is 15.0 Å². The molecule has 1 aromatic rings. The molecule has 0 amide bonds. The summed E-state index contributed by atoms with van der Waals surface area (Å²) < 4.78 is 40.6. The molecule has 0 aliphatic carbocycles. The molecule has 2 aliphatic rings. The summed E-state index contributed by atoms with van der Waals surface area (Å²) in [4.78, 5) is 26.6. The van der Waals surface area contributed by atoms with Crippen molar-refractivity contribution in [3.63, 3.8) is 0 Å². The van der Waals surface area contributed by atoms with E-state index in [9.17, 15) is 33.0 Å². The zero-order chi connectivity index (χ0) is 23.9. The van der Waals surface area contributed by atoms with Gasteiger partial charge in [-0.1, -0.05) is 30.7 Å². The molecule has 2 saturated heterocycles. The van der Waals surface area contributed by atoms with Crippen LogP contribution < -0.4 is 10.4 Å². The van der Waals surface area contributed by atoms with Crippen LogP contribution in [0.15, 0.2) is 24.3 Å². The Balaban J connectivity index is 1.91. The number of aliphatic carboxylic acids is 1. The van der Waals surface area contributed by atoms with Crippen LogP contribution in [-0.2, 0) is 4.79 Å². The van der Waals surface area contributed by atoms with Crippen LogP contribution in [0.1, 0.15) is 68.4 Å². The van der Waals surface area contributed by atoms with Crippen molar-refractivity contribution in [1.29, 1.82) is 0 Å². The smallest absolute Gasteiger partial charge is 0.395 e. The minimum Gasteiger partial charge on any atom is -0.548 e. The van der Waals surface area contributed by atoms with E-state index in [-0.39, 0.29) is 24.6 Å². The summed E-state index contributed by atoms with van der Waals surface area (Å²) in [6.07, 6.45) is -3.56. The van der Waals surface area contributed by atoms with Crippen molar-refractivity contribution in [3.05, 3.63) is 35.4 Å². The average Bonchev–Trinajstić information content (AvgIpc) is 3.02. The molecule has 0 bridgehead atoms. The van der Waals surface area contributed by atoms with Crippen LogP contribution in [0, 0.1) is 5.41 Å². The standard InChI is InChI=1S/C23H31F3N2O4/c1-21(2,23(24,25)26)13-28-11-7-6-10-16(28)14-8-4-5-9-15(14)19(30)18-17(29)12-22(3,27-18)20(31)32/h4-5,8-9,16-18,27,29H,6-7,10-13H2,1-3H3,(H,31,32)/p-1. The van der Waals surface area contributed by atoms with Crippen molar-refractivity contribution in [2.45, 2.75) is 76.4 Å². The first-order valence-corrected chi connectivity index (χ1v) is 10.9. The largest absolute Gasteiger partial charge is 0.548 e. The molecule has 4 atom stereocenters. The van der Waals surface area contributed by atoms with Gasteiger partial charge in [-0.25, -0.2) is 0 Å². The van der Waals surface area contributed by atoms with Crippen LogP contribution in [-0.4, -0.2) is 58.7 Å². The number of carbonyl (C=O) groups is 2. The van der Waals surface area contributed by atoms with Crippen molar-refractivity contribution in [2.24, 2.45) is 5.41 Å². The van der Waals surface area contributed by atoms with E-state index in [1.54, 1.807) is 29.2 Å². The Morgan fingerprint density at radius 3 is 2.50 bits per heavy atom. The fourth-order valence-corrected chi connectivity index (χ4v) is 4.73. The number of ketones is 1. The highest BCUT2D eigenvalue weighted by molar-refractivity contribution is 6.02. The van der Waals surface area contributed by atoms with Crippen molar-refractivity contribution in [1.82, 2.24) is 10.2 Å². The van der Waals surface area contributed by atoms with E-state index >= 15 is 0 Å². The molecule has 3 rings (SSSR count). The number of halogens is 3. The summed E-state index contributed by atoms with van der Waals surface area (Å²) in [6, 6.07) is 5.19. The Morgan fingerprint density at radius 1 is 1.25 bits per heavy atom. The first-order valence-electron chi connectivity index (χ1n) is 10.9. The van der Waals surface area contributed by atoms with Crippen LogP contribution in [0.4, 0.5) is 13.2 Å². The van der Waals surface area contributed by atoms with Gasteiger partial charge >= 0.3 is 6.18 Å². The Labute approximate surface area is 185 Å². The molecular formula is C23H30F3N2O4-. The van der Waals surface area contributed by atoms with Gasteiger partial charge < -0.3 is 15.0 Å². The molecule has 0 saturated carbocycles. The molecule has 2 aliphatic heterocycles. The maximum Gasteiger partial charge on any atom is 0.395 e. The zero-order valence-corrected chi connectivity index (χ0v) is 18.5. The van der Waals surface area contributed by atoms with Crippen LogP contribution in [0.2, 0.25) is 0 Å². The second-order valence-electron chi connectivity index (χ2n) is 9.83. The predicted octanol–water partition coefficient (Wildman–Crippen LogP) is 2.22. The first-order chi connectivity index (χ1) is 14.8. The van der Waals surface area contributed by atoms with E-state index in [2.05, 4.69) is 5.32 Å². The first kappa shape index (κ1) is 24.7. The fraction of sp³-hybridized carbons (Fsp3) is 0.652. The number of aliphatic hydroxyl groups is 1. The van der Waals surface area contributed by atoms with E-state index in [0.717, 1.165) is 12.8 Å². The third kappa shape index (κ3) is 4.70. The molecule has 2 fully saturated rings. The summed E-state index contributed by atoms with van der Waals surface area (Å²) in [5, 5.41) is 24.5. The van der Waals surface area contributed by atoms with Crippen molar-refractivity contribution < 1.29 is 33.0 Å². The summed E-state index contributed by atoms with van der Waals surface area (Å²) in [6.45, 7) is 3.99. The molecule has 0 radical (unpaired) electrons. The predicted molar refractivity (Wildman–Crippen MR) is 110 cm³/mol. The van der Waals surface area contributed by atoms with Crippen molar-refractivity contribution >= 4 is 11.8 Å². The van der Waals surface area contributed by atoms with Gasteiger partial charge in [0.15, 0.2) is 5.78 Å². The van der Waals surface area contributed by atoms with Gasteiger partial charge in [0.25, 0.3) is 0 Å². The van der Waals surface area contributed by atoms with Gasteiger partial charge in [-0.2, -0.15) is 13.2 Å². The molecule has 6 nitrogen and oxygen atoms in total. The number of hydrogen-bond donors (Lipinski definition) is 2. The second-order valence-corrected chi connectivity index (χ2v) is 9.83. The minimum absolute atomic E-state index is 0.177.